The van der Waals surface area contributed by atoms with Crippen LogP contribution in [-0.4, -0.2) is 16.9 Å². The highest BCUT2D eigenvalue weighted by Gasteiger charge is 2.07. The number of rotatable bonds is 5. The van der Waals surface area contributed by atoms with Gasteiger partial charge in [0.15, 0.2) is 0 Å². The minimum absolute atomic E-state index is 0.891. The van der Waals surface area contributed by atoms with Crippen molar-refractivity contribution in [3.63, 3.8) is 0 Å². The average molecular weight is 305 g/mol. The third-order valence-corrected chi connectivity index (χ3v) is 3.15. The maximum atomic E-state index is 4.50. The van der Waals surface area contributed by atoms with Gasteiger partial charge in [-0.3, -0.25) is 0 Å². The van der Waals surface area contributed by atoms with E-state index in [2.05, 4.69) is 69.1 Å². The van der Waals surface area contributed by atoms with Crippen LogP contribution in [0.3, 0.4) is 0 Å². The molecular formula is C15H17BrN2. The van der Waals surface area contributed by atoms with Gasteiger partial charge in [-0.05, 0) is 24.1 Å². The highest BCUT2D eigenvalue weighted by Crippen LogP contribution is 2.15. The first kappa shape index (κ1) is 13.1. The summed E-state index contributed by atoms with van der Waals surface area (Å²) in [5, 5.41) is 0.940. The SMILES string of the molecule is Cc1ccc(N(CCBr)Cc2ccccc2)nc1. The van der Waals surface area contributed by atoms with E-state index < -0.39 is 0 Å². The Morgan fingerprint density at radius 2 is 1.89 bits per heavy atom. The summed E-state index contributed by atoms with van der Waals surface area (Å²) < 4.78 is 0. The van der Waals surface area contributed by atoms with E-state index in [9.17, 15) is 0 Å². The first-order valence-electron chi connectivity index (χ1n) is 6.07. The molecule has 0 fully saturated rings. The molecule has 0 N–H and O–H groups in total. The van der Waals surface area contributed by atoms with Crippen LogP contribution >= 0.6 is 15.9 Å². The summed E-state index contributed by atoms with van der Waals surface area (Å²) in [6.45, 7) is 3.90. The van der Waals surface area contributed by atoms with E-state index >= 15 is 0 Å². The molecule has 3 heteroatoms. The molecule has 18 heavy (non-hydrogen) atoms. The van der Waals surface area contributed by atoms with Crippen LogP contribution in [0.5, 0.6) is 0 Å². The second-order valence-electron chi connectivity index (χ2n) is 4.29. The molecule has 0 amide bonds. The van der Waals surface area contributed by atoms with Gasteiger partial charge in [-0.15, -0.1) is 0 Å². The number of anilines is 1. The van der Waals surface area contributed by atoms with Crippen molar-refractivity contribution >= 4 is 21.7 Å². The lowest BCUT2D eigenvalue weighted by Crippen LogP contribution is -2.25. The fourth-order valence-electron chi connectivity index (χ4n) is 1.83. The Bertz CT molecular complexity index is 468. The summed E-state index contributed by atoms with van der Waals surface area (Å²) in [6, 6.07) is 14.7. The van der Waals surface area contributed by atoms with Gasteiger partial charge in [-0.2, -0.15) is 0 Å². The first-order valence-corrected chi connectivity index (χ1v) is 7.19. The van der Waals surface area contributed by atoms with Crippen LogP contribution in [0.2, 0.25) is 0 Å². The Morgan fingerprint density at radius 1 is 1.11 bits per heavy atom. The van der Waals surface area contributed by atoms with E-state index in [4.69, 9.17) is 0 Å². The third kappa shape index (κ3) is 3.57. The van der Waals surface area contributed by atoms with Crippen LogP contribution in [0.25, 0.3) is 0 Å². The molecule has 0 aliphatic rings. The molecule has 0 radical (unpaired) electrons. The van der Waals surface area contributed by atoms with Gasteiger partial charge in [0.2, 0.25) is 0 Å². The first-order chi connectivity index (χ1) is 8.79. The van der Waals surface area contributed by atoms with Crippen molar-refractivity contribution in [2.45, 2.75) is 13.5 Å². The molecule has 0 aliphatic carbocycles. The normalized spacial score (nSPS) is 10.3. The number of halogens is 1. The van der Waals surface area contributed by atoms with Crippen molar-refractivity contribution in [3.8, 4) is 0 Å². The molecule has 0 bridgehead atoms. The Labute approximate surface area is 117 Å². The number of benzene rings is 1. The molecule has 94 valence electrons. The molecule has 0 unspecified atom stereocenters. The lowest BCUT2D eigenvalue weighted by molar-refractivity contribution is 0.820. The molecule has 2 aromatic rings. The predicted molar refractivity (Wildman–Crippen MR) is 80.3 cm³/mol. The molecule has 0 spiro atoms. The summed E-state index contributed by atoms with van der Waals surface area (Å²) in [5.74, 6) is 1.03. The molecule has 0 saturated heterocycles. The second-order valence-corrected chi connectivity index (χ2v) is 5.08. The van der Waals surface area contributed by atoms with E-state index in [0.29, 0.717) is 0 Å². The number of hydrogen-bond donors (Lipinski definition) is 0. The number of aryl methyl sites for hydroxylation is 1. The summed E-state index contributed by atoms with van der Waals surface area (Å²) >= 11 is 3.51. The van der Waals surface area contributed by atoms with Gasteiger partial charge in [-0.25, -0.2) is 4.98 Å². The van der Waals surface area contributed by atoms with Gasteiger partial charge in [0.05, 0.1) is 0 Å². The molecular weight excluding hydrogens is 288 g/mol. The number of pyridine rings is 1. The van der Waals surface area contributed by atoms with E-state index in [0.717, 1.165) is 24.2 Å². The van der Waals surface area contributed by atoms with Gasteiger partial charge < -0.3 is 4.90 Å². The van der Waals surface area contributed by atoms with E-state index in [1.807, 2.05) is 12.3 Å². The van der Waals surface area contributed by atoms with Crippen LogP contribution in [0.15, 0.2) is 48.7 Å². The number of nitrogens with zero attached hydrogens (tertiary/aromatic N) is 2. The van der Waals surface area contributed by atoms with Gasteiger partial charge in [0.1, 0.15) is 5.82 Å². The molecule has 2 rings (SSSR count). The summed E-state index contributed by atoms with van der Waals surface area (Å²) in [7, 11) is 0. The fourth-order valence-corrected chi connectivity index (χ4v) is 2.26. The fraction of sp³-hybridized carbons (Fsp3) is 0.267. The quantitative estimate of drug-likeness (QED) is 0.781. The zero-order valence-corrected chi connectivity index (χ0v) is 12.1. The van der Waals surface area contributed by atoms with Gasteiger partial charge in [-0.1, -0.05) is 52.3 Å². The van der Waals surface area contributed by atoms with Crippen molar-refractivity contribution in [2.75, 3.05) is 16.8 Å². The number of aromatic nitrogens is 1. The summed E-state index contributed by atoms with van der Waals surface area (Å²) in [4.78, 5) is 6.78. The minimum atomic E-state index is 0.891. The lowest BCUT2D eigenvalue weighted by Gasteiger charge is -2.23. The molecule has 2 nitrogen and oxygen atoms in total. The largest absolute Gasteiger partial charge is 0.351 e. The highest BCUT2D eigenvalue weighted by atomic mass is 79.9. The molecule has 1 aromatic heterocycles. The van der Waals surface area contributed by atoms with Crippen LogP contribution in [-0.2, 0) is 6.54 Å². The van der Waals surface area contributed by atoms with E-state index in [1.165, 1.54) is 11.1 Å². The van der Waals surface area contributed by atoms with Crippen LogP contribution in [0, 0.1) is 6.92 Å². The smallest absolute Gasteiger partial charge is 0.128 e. The zero-order valence-electron chi connectivity index (χ0n) is 10.5. The molecule has 1 aromatic carbocycles. The van der Waals surface area contributed by atoms with Crippen LogP contribution < -0.4 is 4.90 Å². The minimum Gasteiger partial charge on any atom is -0.351 e. The van der Waals surface area contributed by atoms with Crippen LogP contribution in [0.4, 0.5) is 5.82 Å². The Balaban J connectivity index is 2.15. The Kier molecular flexibility index (Phi) is 4.76. The summed E-state index contributed by atoms with van der Waals surface area (Å²) in [6.07, 6.45) is 1.92. The van der Waals surface area contributed by atoms with Crippen molar-refractivity contribution in [1.82, 2.24) is 4.98 Å². The molecule has 0 aliphatic heterocycles. The van der Waals surface area contributed by atoms with Crippen molar-refractivity contribution in [2.24, 2.45) is 0 Å². The second kappa shape index (κ2) is 6.55. The number of hydrogen-bond acceptors (Lipinski definition) is 2. The van der Waals surface area contributed by atoms with E-state index in [1.54, 1.807) is 0 Å². The molecule has 0 atom stereocenters. The van der Waals surface area contributed by atoms with Crippen molar-refractivity contribution in [1.29, 1.82) is 0 Å². The zero-order chi connectivity index (χ0) is 12.8. The Morgan fingerprint density at radius 3 is 2.50 bits per heavy atom. The maximum Gasteiger partial charge on any atom is 0.128 e. The van der Waals surface area contributed by atoms with Gasteiger partial charge >= 0.3 is 0 Å². The molecule has 1 heterocycles. The van der Waals surface area contributed by atoms with E-state index in [-0.39, 0.29) is 0 Å². The Hall–Kier alpha value is -1.35. The molecule has 0 saturated carbocycles. The topological polar surface area (TPSA) is 16.1 Å². The lowest BCUT2D eigenvalue weighted by atomic mass is 10.2. The standard InChI is InChI=1S/C15H17BrN2/c1-13-7-8-15(17-11-13)18(10-9-16)12-14-5-3-2-4-6-14/h2-8,11H,9-10,12H2,1H3. The average Bonchev–Trinajstić information content (AvgIpc) is 2.40. The number of alkyl halides is 1. The van der Waals surface area contributed by atoms with Gasteiger partial charge in [0.25, 0.3) is 0 Å². The summed E-state index contributed by atoms with van der Waals surface area (Å²) in [5.41, 5.74) is 2.50. The predicted octanol–water partition coefficient (Wildman–Crippen LogP) is 3.79. The van der Waals surface area contributed by atoms with Crippen molar-refractivity contribution < 1.29 is 0 Å². The van der Waals surface area contributed by atoms with Crippen molar-refractivity contribution in [3.05, 3.63) is 59.8 Å². The maximum absolute atomic E-state index is 4.50. The highest BCUT2D eigenvalue weighted by molar-refractivity contribution is 9.09. The monoisotopic (exact) mass is 304 g/mol. The van der Waals surface area contributed by atoms with Crippen LogP contribution in [0.1, 0.15) is 11.1 Å². The third-order valence-electron chi connectivity index (χ3n) is 2.79. The van der Waals surface area contributed by atoms with Gasteiger partial charge in [0, 0.05) is 24.6 Å².